The van der Waals surface area contributed by atoms with Crippen molar-refractivity contribution in [1.29, 1.82) is 0 Å². The first kappa shape index (κ1) is 14.0. The maximum atomic E-state index is 10.6. The lowest BCUT2D eigenvalue weighted by molar-refractivity contribution is -0.136. The van der Waals surface area contributed by atoms with Crippen molar-refractivity contribution in [1.82, 2.24) is 9.97 Å². The van der Waals surface area contributed by atoms with Crippen LogP contribution in [0.2, 0.25) is 0 Å². The first-order valence-electron chi connectivity index (χ1n) is 6.34. The molecule has 0 aliphatic carbocycles. The minimum absolute atomic E-state index is 0.0225. The van der Waals surface area contributed by atoms with Crippen molar-refractivity contribution < 1.29 is 9.90 Å². The van der Waals surface area contributed by atoms with Crippen LogP contribution in [-0.2, 0) is 17.0 Å². The molecule has 0 fully saturated rings. The van der Waals surface area contributed by atoms with Crippen LogP contribution in [0.3, 0.4) is 0 Å². The second-order valence-corrected chi connectivity index (χ2v) is 6.54. The molecule has 0 aliphatic rings. The molecule has 106 valence electrons. The van der Waals surface area contributed by atoms with E-state index in [-0.39, 0.29) is 6.42 Å². The van der Waals surface area contributed by atoms with Gasteiger partial charge in [-0.15, -0.1) is 11.3 Å². The zero-order valence-electron chi connectivity index (χ0n) is 11.0. The summed E-state index contributed by atoms with van der Waals surface area (Å²) in [5, 5.41) is 11.7. The molecule has 0 spiro atoms. The monoisotopic (exact) mass is 316 g/mol. The molecule has 1 N–H and O–H groups in total. The van der Waals surface area contributed by atoms with Crippen molar-refractivity contribution in [2.24, 2.45) is 0 Å². The van der Waals surface area contributed by atoms with Crippen LogP contribution in [-0.4, -0.2) is 21.0 Å². The fraction of sp³-hybridized carbons (Fsp3) is 0.133. The summed E-state index contributed by atoms with van der Waals surface area (Å²) in [5.41, 5.74) is 2.59. The summed E-state index contributed by atoms with van der Waals surface area (Å²) in [4.78, 5) is 19.5. The predicted octanol–water partition coefficient (Wildman–Crippen LogP) is 3.61. The third kappa shape index (κ3) is 3.59. The van der Waals surface area contributed by atoms with Crippen molar-refractivity contribution in [3.8, 4) is 0 Å². The minimum Gasteiger partial charge on any atom is -0.481 e. The number of rotatable bonds is 5. The van der Waals surface area contributed by atoms with Crippen molar-refractivity contribution in [2.75, 3.05) is 0 Å². The van der Waals surface area contributed by atoms with Gasteiger partial charge in [-0.2, -0.15) is 0 Å². The zero-order chi connectivity index (χ0) is 14.7. The summed E-state index contributed by atoms with van der Waals surface area (Å²) in [7, 11) is 0. The number of fused-ring (bicyclic) bond motifs is 1. The Bertz CT molecular complexity index is 786. The molecule has 0 aliphatic heterocycles. The van der Waals surface area contributed by atoms with Gasteiger partial charge >= 0.3 is 5.97 Å². The van der Waals surface area contributed by atoms with Crippen molar-refractivity contribution in [3.63, 3.8) is 0 Å². The lowest BCUT2D eigenvalue weighted by Gasteiger charge is -2.01. The molecule has 0 saturated heterocycles. The number of hydrogen-bond donors (Lipinski definition) is 1. The molecule has 0 atom stereocenters. The zero-order valence-corrected chi connectivity index (χ0v) is 12.7. The Labute approximate surface area is 129 Å². The molecule has 2 heterocycles. The van der Waals surface area contributed by atoms with E-state index in [0.717, 1.165) is 26.7 Å². The number of pyridine rings is 1. The second kappa shape index (κ2) is 6.24. The summed E-state index contributed by atoms with van der Waals surface area (Å²) < 4.78 is 0.876. The van der Waals surface area contributed by atoms with E-state index in [4.69, 9.17) is 5.11 Å². The summed E-state index contributed by atoms with van der Waals surface area (Å²) >= 11 is 3.06. The Balaban J connectivity index is 1.68. The van der Waals surface area contributed by atoms with Gasteiger partial charge in [0.25, 0.3) is 0 Å². The van der Waals surface area contributed by atoms with E-state index in [1.807, 2.05) is 30.3 Å². The number of aliphatic carboxylic acids is 1. The maximum Gasteiger partial charge on any atom is 0.309 e. The van der Waals surface area contributed by atoms with Gasteiger partial charge in [0.15, 0.2) is 4.34 Å². The summed E-state index contributed by atoms with van der Waals surface area (Å²) in [5.74, 6) is -0.127. The van der Waals surface area contributed by atoms with Crippen LogP contribution in [0.1, 0.15) is 11.4 Å². The number of thiazole rings is 1. The van der Waals surface area contributed by atoms with E-state index in [0.29, 0.717) is 5.69 Å². The Hall–Kier alpha value is -1.92. The number of para-hydroxylation sites is 1. The highest BCUT2D eigenvalue weighted by Gasteiger charge is 2.07. The topological polar surface area (TPSA) is 63.1 Å². The molecule has 6 heteroatoms. The van der Waals surface area contributed by atoms with Gasteiger partial charge in [0.2, 0.25) is 0 Å². The number of carboxylic acid groups (broad SMARTS) is 1. The molecule has 1 aromatic carbocycles. The third-order valence-electron chi connectivity index (χ3n) is 2.86. The van der Waals surface area contributed by atoms with Gasteiger partial charge in [0.1, 0.15) is 0 Å². The molecule has 0 radical (unpaired) electrons. The number of nitrogens with zero attached hydrogens (tertiary/aromatic N) is 2. The highest BCUT2D eigenvalue weighted by molar-refractivity contribution is 8.00. The number of thioether (sulfide) groups is 1. The summed E-state index contributed by atoms with van der Waals surface area (Å²) in [6.45, 7) is 0. The van der Waals surface area contributed by atoms with Crippen LogP contribution >= 0.6 is 23.1 Å². The summed E-state index contributed by atoms with van der Waals surface area (Å²) in [6.07, 6.45) is -0.0225. The molecular formula is C15H12N2O2S2. The van der Waals surface area contributed by atoms with Gasteiger partial charge in [-0.1, -0.05) is 36.0 Å². The smallest absolute Gasteiger partial charge is 0.309 e. The van der Waals surface area contributed by atoms with E-state index in [1.165, 1.54) is 11.3 Å². The Morgan fingerprint density at radius 2 is 2.00 bits per heavy atom. The third-order valence-corrected chi connectivity index (χ3v) is 4.97. The molecule has 3 aromatic rings. The molecule has 3 rings (SSSR count). The van der Waals surface area contributed by atoms with E-state index in [9.17, 15) is 4.79 Å². The Morgan fingerprint density at radius 3 is 2.86 bits per heavy atom. The molecule has 0 bridgehead atoms. The average Bonchev–Trinajstić information content (AvgIpc) is 2.91. The van der Waals surface area contributed by atoms with Gasteiger partial charge in [-0.05, 0) is 12.1 Å². The second-order valence-electron chi connectivity index (χ2n) is 4.46. The van der Waals surface area contributed by atoms with Crippen LogP contribution in [0.5, 0.6) is 0 Å². The van der Waals surface area contributed by atoms with Gasteiger partial charge < -0.3 is 5.11 Å². The van der Waals surface area contributed by atoms with Crippen molar-refractivity contribution >= 4 is 40.0 Å². The molecule has 21 heavy (non-hydrogen) atoms. The molecule has 0 saturated carbocycles. The lowest BCUT2D eigenvalue weighted by Crippen LogP contribution is -1.99. The molecule has 4 nitrogen and oxygen atoms in total. The number of hydrogen-bond acceptors (Lipinski definition) is 5. The largest absolute Gasteiger partial charge is 0.481 e. The normalized spacial score (nSPS) is 10.9. The van der Waals surface area contributed by atoms with E-state index < -0.39 is 5.97 Å². The minimum atomic E-state index is -0.854. The van der Waals surface area contributed by atoms with Crippen molar-refractivity contribution in [2.45, 2.75) is 16.5 Å². The van der Waals surface area contributed by atoms with Crippen LogP contribution < -0.4 is 0 Å². The van der Waals surface area contributed by atoms with Crippen LogP contribution in [0.25, 0.3) is 10.9 Å². The molecule has 0 amide bonds. The van der Waals surface area contributed by atoms with Crippen molar-refractivity contribution in [3.05, 3.63) is 53.2 Å². The Kier molecular flexibility index (Phi) is 4.17. The molecular weight excluding hydrogens is 304 g/mol. The van der Waals surface area contributed by atoms with Gasteiger partial charge in [0, 0.05) is 16.5 Å². The SMILES string of the molecule is O=C(O)Cc1csc(SCc2ccc3ccccc3n2)n1. The number of aromatic nitrogens is 2. The van der Waals surface area contributed by atoms with E-state index in [1.54, 1.807) is 17.1 Å². The molecule has 0 unspecified atom stereocenters. The first-order chi connectivity index (χ1) is 10.2. The lowest BCUT2D eigenvalue weighted by atomic mass is 10.2. The maximum absolute atomic E-state index is 10.6. The highest BCUT2D eigenvalue weighted by Crippen LogP contribution is 2.26. The number of benzene rings is 1. The van der Waals surface area contributed by atoms with E-state index in [2.05, 4.69) is 16.0 Å². The Morgan fingerprint density at radius 1 is 1.14 bits per heavy atom. The average molecular weight is 316 g/mol. The molecule has 2 aromatic heterocycles. The highest BCUT2D eigenvalue weighted by atomic mass is 32.2. The fourth-order valence-electron chi connectivity index (χ4n) is 1.92. The predicted molar refractivity (Wildman–Crippen MR) is 84.8 cm³/mol. The van der Waals surface area contributed by atoms with Gasteiger partial charge in [0.05, 0.1) is 23.3 Å². The van der Waals surface area contributed by atoms with Gasteiger partial charge in [-0.3, -0.25) is 9.78 Å². The fourth-order valence-corrected chi connectivity index (χ4v) is 3.67. The quantitative estimate of drug-likeness (QED) is 0.729. The van der Waals surface area contributed by atoms with Crippen LogP contribution in [0.4, 0.5) is 0 Å². The number of carbonyl (C=O) groups is 1. The number of carboxylic acids is 1. The first-order valence-corrected chi connectivity index (χ1v) is 8.21. The van der Waals surface area contributed by atoms with Gasteiger partial charge in [-0.25, -0.2) is 4.98 Å². The van der Waals surface area contributed by atoms with E-state index >= 15 is 0 Å². The van der Waals surface area contributed by atoms with Crippen LogP contribution in [0, 0.1) is 0 Å². The standard InChI is InChI=1S/C15H12N2O2S2/c18-14(19)7-12-9-21-15(17-12)20-8-11-6-5-10-3-1-2-4-13(10)16-11/h1-6,9H,7-8H2,(H,18,19). The van der Waals surface area contributed by atoms with Crippen LogP contribution in [0.15, 0.2) is 46.1 Å². The summed E-state index contributed by atoms with van der Waals surface area (Å²) in [6, 6.07) is 12.1.